The van der Waals surface area contributed by atoms with E-state index in [-0.39, 0.29) is 30.9 Å². The quantitative estimate of drug-likeness (QED) is 0.680. The molecule has 1 heterocycles. The minimum atomic E-state index is -4.74. The number of benzene rings is 1. The van der Waals surface area contributed by atoms with Crippen LogP contribution in [0.3, 0.4) is 0 Å². The Kier molecular flexibility index (Phi) is 6.00. The van der Waals surface area contributed by atoms with Gasteiger partial charge in [0, 0.05) is 18.9 Å². The van der Waals surface area contributed by atoms with E-state index >= 15 is 0 Å². The summed E-state index contributed by atoms with van der Waals surface area (Å²) >= 11 is 0. The number of nitrogens with zero attached hydrogens (tertiary/aromatic N) is 2. The van der Waals surface area contributed by atoms with Gasteiger partial charge in [-0.3, -0.25) is 4.79 Å². The summed E-state index contributed by atoms with van der Waals surface area (Å²) in [7, 11) is -3.97. The standard InChI is InChI=1S/C18H15F6N3O3S/c19-17(20,21)12-2-1-3-13(6-12)31(29,30)14-4-10(5-14)7-25-15(28)11-8-26-16(27-9-11)18(22,23)24/h1-3,6,8-10,14H,4-5,7H2,(H,25,28). The van der Waals surface area contributed by atoms with Crippen LogP contribution in [-0.4, -0.2) is 36.1 Å². The first-order chi connectivity index (χ1) is 14.3. The number of carbonyl (C=O) groups excluding carboxylic acids is 1. The lowest BCUT2D eigenvalue weighted by atomic mass is 9.85. The number of rotatable bonds is 5. The Balaban J connectivity index is 1.55. The van der Waals surface area contributed by atoms with Crippen molar-refractivity contribution in [2.24, 2.45) is 5.92 Å². The molecule has 1 aliphatic carbocycles. The zero-order chi connectivity index (χ0) is 23.0. The molecular formula is C18H15F6N3O3S. The molecule has 0 atom stereocenters. The highest BCUT2D eigenvalue weighted by atomic mass is 32.2. The van der Waals surface area contributed by atoms with Crippen LogP contribution < -0.4 is 5.32 Å². The van der Waals surface area contributed by atoms with Gasteiger partial charge in [-0.25, -0.2) is 18.4 Å². The summed E-state index contributed by atoms with van der Waals surface area (Å²) in [5.74, 6) is -2.35. The van der Waals surface area contributed by atoms with Crippen molar-refractivity contribution in [3.63, 3.8) is 0 Å². The minimum absolute atomic E-state index is 0.0501. The molecule has 0 unspecified atom stereocenters. The normalized spacial score (nSPS) is 19.5. The molecule has 1 N–H and O–H groups in total. The van der Waals surface area contributed by atoms with Gasteiger partial charge >= 0.3 is 12.4 Å². The van der Waals surface area contributed by atoms with Crippen molar-refractivity contribution < 1.29 is 39.6 Å². The lowest BCUT2D eigenvalue weighted by Gasteiger charge is -2.35. The van der Waals surface area contributed by atoms with Crippen LogP contribution in [0.15, 0.2) is 41.6 Å². The molecule has 1 aromatic heterocycles. The van der Waals surface area contributed by atoms with Gasteiger partial charge < -0.3 is 5.32 Å². The number of nitrogens with one attached hydrogen (secondary N) is 1. The van der Waals surface area contributed by atoms with E-state index in [0.29, 0.717) is 6.07 Å². The Morgan fingerprint density at radius 1 is 1.03 bits per heavy atom. The van der Waals surface area contributed by atoms with Gasteiger partial charge in [-0.1, -0.05) is 6.07 Å². The maximum Gasteiger partial charge on any atom is 0.451 e. The van der Waals surface area contributed by atoms with Crippen molar-refractivity contribution >= 4 is 15.7 Å². The summed E-state index contributed by atoms with van der Waals surface area (Å²) in [6.07, 6.45) is -7.69. The molecule has 1 aliphatic rings. The number of sulfone groups is 1. The Bertz CT molecular complexity index is 1060. The number of halogens is 6. The molecule has 31 heavy (non-hydrogen) atoms. The SMILES string of the molecule is O=C(NCC1CC(S(=O)(=O)c2cccc(C(F)(F)F)c2)C1)c1cnc(C(F)(F)F)nc1. The van der Waals surface area contributed by atoms with Crippen LogP contribution in [0.1, 0.15) is 34.6 Å². The molecule has 3 rings (SSSR count). The molecule has 0 saturated heterocycles. The van der Waals surface area contributed by atoms with Crippen molar-refractivity contribution in [2.45, 2.75) is 35.3 Å². The van der Waals surface area contributed by atoms with E-state index in [0.717, 1.165) is 30.6 Å². The first-order valence-electron chi connectivity index (χ1n) is 8.87. The summed E-state index contributed by atoms with van der Waals surface area (Å²) in [5.41, 5.74) is -1.25. The fourth-order valence-corrected chi connectivity index (χ4v) is 5.06. The summed E-state index contributed by atoms with van der Waals surface area (Å²) in [6, 6.07) is 3.50. The molecule has 1 fully saturated rings. The molecule has 1 amide bonds. The number of amides is 1. The van der Waals surface area contributed by atoms with Gasteiger partial charge in [0.2, 0.25) is 5.82 Å². The van der Waals surface area contributed by atoms with Crippen molar-refractivity contribution in [3.8, 4) is 0 Å². The summed E-state index contributed by atoms with van der Waals surface area (Å²) in [6.45, 7) is 0.0501. The van der Waals surface area contributed by atoms with Gasteiger partial charge in [-0.05, 0) is 37.0 Å². The van der Waals surface area contributed by atoms with Gasteiger partial charge in [-0.2, -0.15) is 26.3 Å². The number of hydrogen-bond acceptors (Lipinski definition) is 5. The average molecular weight is 467 g/mol. The van der Waals surface area contributed by atoms with E-state index in [9.17, 15) is 39.6 Å². The highest BCUT2D eigenvalue weighted by Gasteiger charge is 2.41. The fourth-order valence-electron chi connectivity index (χ4n) is 3.07. The van der Waals surface area contributed by atoms with Crippen LogP contribution in [0, 0.1) is 5.92 Å². The summed E-state index contributed by atoms with van der Waals surface area (Å²) < 4.78 is 101. The lowest BCUT2D eigenvalue weighted by Crippen LogP contribution is -2.42. The topological polar surface area (TPSA) is 89.0 Å². The first-order valence-corrected chi connectivity index (χ1v) is 10.4. The minimum Gasteiger partial charge on any atom is -0.352 e. The number of carbonyl (C=O) groups is 1. The van der Waals surface area contributed by atoms with Crippen LogP contribution >= 0.6 is 0 Å². The Morgan fingerprint density at radius 2 is 1.65 bits per heavy atom. The fraction of sp³-hybridized carbons (Fsp3) is 0.389. The van der Waals surface area contributed by atoms with E-state index in [1.54, 1.807) is 0 Å². The molecule has 13 heteroatoms. The van der Waals surface area contributed by atoms with Crippen molar-refractivity contribution in [2.75, 3.05) is 6.54 Å². The maximum absolute atomic E-state index is 12.8. The van der Waals surface area contributed by atoms with E-state index in [1.807, 2.05) is 0 Å². The summed E-state index contributed by atoms with van der Waals surface area (Å²) in [4.78, 5) is 17.7. The van der Waals surface area contributed by atoms with E-state index in [1.165, 1.54) is 0 Å². The molecule has 168 valence electrons. The van der Waals surface area contributed by atoms with Crippen molar-refractivity contribution in [1.82, 2.24) is 15.3 Å². The van der Waals surface area contributed by atoms with Gasteiger partial charge in [-0.15, -0.1) is 0 Å². The monoisotopic (exact) mass is 467 g/mol. The molecule has 0 aliphatic heterocycles. The molecule has 6 nitrogen and oxygen atoms in total. The summed E-state index contributed by atoms with van der Waals surface area (Å²) in [5, 5.41) is 1.57. The Hall–Kier alpha value is -2.70. The number of hydrogen-bond donors (Lipinski definition) is 1. The van der Waals surface area contributed by atoms with E-state index in [4.69, 9.17) is 0 Å². The number of aromatic nitrogens is 2. The van der Waals surface area contributed by atoms with Crippen molar-refractivity contribution in [3.05, 3.63) is 53.6 Å². The molecule has 2 aromatic rings. The molecule has 1 saturated carbocycles. The van der Waals surface area contributed by atoms with Gasteiger partial charge in [0.25, 0.3) is 5.91 Å². The second kappa shape index (κ2) is 8.09. The first kappa shape index (κ1) is 23.0. The predicted octanol–water partition coefficient (Wildman–Crippen LogP) is 3.50. The third kappa shape index (κ3) is 5.14. The van der Waals surface area contributed by atoms with E-state index < -0.39 is 49.6 Å². The molecule has 0 bridgehead atoms. The third-order valence-electron chi connectivity index (χ3n) is 4.84. The highest BCUT2D eigenvalue weighted by Crippen LogP contribution is 2.37. The van der Waals surface area contributed by atoms with Crippen LogP contribution in [-0.2, 0) is 22.2 Å². The van der Waals surface area contributed by atoms with Gasteiger partial charge in [0.05, 0.1) is 21.3 Å². The van der Waals surface area contributed by atoms with Crippen LogP contribution in [0.4, 0.5) is 26.3 Å². The third-order valence-corrected chi connectivity index (χ3v) is 7.01. The molecule has 1 aromatic carbocycles. The van der Waals surface area contributed by atoms with Crippen LogP contribution in [0.25, 0.3) is 0 Å². The average Bonchev–Trinajstić information content (AvgIpc) is 2.65. The lowest BCUT2D eigenvalue weighted by molar-refractivity contribution is -0.145. The van der Waals surface area contributed by atoms with Crippen molar-refractivity contribution in [1.29, 1.82) is 0 Å². The van der Waals surface area contributed by atoms with Crippen LogP contribution in [0.5, 0.6) is 0 Å². The highest BCUT2D eigenvalue weighted by molar-refractivity contribution is 7.92. The maximum atomic E-state index is 12.8. The smallest absolute Gasteiger partial charge is 0.352 e. The van der Waals surface area contributed by atoms with Gasteiger partial charge in [0.15, 0.2) is 9.84 Å². The molecule has 0 radical (unpaired) electrons. The number of alkyl halides is 6. The second-order valence-electron chi connectivity index (χ2n) is 7.03. The van der Waals surface area contributed by atoms with Crippen LogP contribution in [0.2, 0.25) is 0 Å². The van der Waals surface area contributed by atoms with E-state index in [2.05, 4.69) is 15.3 Å². The largest absolute Gasteiger partial charge is 0.451 e. The molecular weight excluding hydrogens is 452 g/mol. The zero-order valence-corrected chi connectivity index (χ0v) is 16.4. The second-order valence-corrected chi connectivity index (χ2v) is 9.26. The molecule has 0 spiro atoms. The van der Waals surface area contributed by atoms with Gasteiger partial charge in [0.1, 0.15) is 0 Å². The predicted molar refractivity (Wildman–Crippen MR) is 94.5 cm³/mol. The Labute approximate surface area is 172 Å². The zero-order valence-electron chi connectivity index (χ0n) is 15.5. The Morgan fingerprint density at radius 3 is 2.19 bits per heavy atom.